The molecule has 1 aliphatic rings. The number of hydrogen-bond acceptors (Lipinski definition) is 6. The van der Waals surface area contributed by atoms with E-state index in [1.807, 2.05) is 18.2 Å². The summed E-state index contributed by atoms with van der Waals surface area (Å²) in [6.45, 7) is 1.45. The fraction of sp³-hybridized carbons (Fsp3) is 0.150. The van der Waals surface area contributed by atoms with Crippen LogP contribution in [0.2, 0.25) is 0 Å². The molecule has 0 radical (unpaired) electrons. The van der Waals surface area contributed by atoms with E-state index in [0.29, 0.717) is 16.9 Å². The SMILES string of the molecule is CC(=O)c1ccc(N2C(=O)C[C@@H](SC(=Nc3ccccc3)NC#N)C2=O)cc1. The molecule has 7 nitrogen and oxygen atoms in total. The number of para-hydroxylation sites is 1. The zero-order chi connectivity index (χ0) is 20.1. The maximum Gasteiger partial charge on any atom is 0.247 e. The molecule has 1 fully saturated rings. The van der Waals surface area contributed by atoms with Gasteiger partial charge in [0.2, 0.25) is 11.8 Å². The molecule has 28 heavy (non-hydrogen) atoms. The molecule has 0 spiro atoms. The Morgan fingerprint density at radius 2 is 1.86 bits per heavy atom. The number of nitriles is 1. The summed E-state index contributed by atoms with van der Waals surface area (Å²) in [5.74, 6) is -0.816. The van der Waals surface area contributed by atoms with Crippen molar-refractivity contribution in [2.45, 2.75) is 18.6 Å². The molecule has 3 rings (SSSR count). The third-order valence-electron chi connectivity index (χ3n) is 4.04. The zero-order valence-corrected chi connectivity index (χ0v) is 15.8. The summed E-state index contributed by atoms with van der Waals surface area (Å²) in [5.41, 5.74) is 1.54. The molecule has 1 aliphatic heterocycles. The number of benzene rings is 2. The summed E-state index contributed by atoms with van der Waals surface area (Å²) >= 11 is 1.04. The average molecular weight is 392 g/mol. The Balaban J connectivity index is 1.79. The third-order valence-corrected chi connectivity index (χ3v) is 5.11. The number of amides is 2. The number of Topliss-reactive ketones (excluding diaryl/α,β-unsaturated/α-hetero) is 1. The van der Waals surface area contributed by atoms with Crippen LogP contribution < -0.4 is 10.2 Å². The number of aliphatic imine (C=N–C) groups is 1. The second kappa shape index (κ2) is 8.50. The van der Waals surface area contributed by atoms with Gasteiger partial charge in [0, 0.05) is 12.0 Å². The molecule has 1 heterocycles. The van der Waals surface area contributed by atoms with Gasteiger partial charge in [-0.05, 0) is 43.3 Å². The van der Waals surface area contributed by atoms with E-state index in [4.69, 9.17) is 5.26 Å². The maximum absolute atomic E-state index is 12.8. The molecule has 0 aliphatic carbocycles. The molecule has 2 aromatic carbocycles. The van der Waals surface area contributed by atoms with Crippen molar-refractivity contribution in [2.75, 3.05) is 4.90 Å². The molecule has 1 N–H and O–H groups in total. The van der Waals surface area contributed by atoms with Crippen molar-refractivity contribution in [3.63, 3.8) is 0 Å². The smallest absolute Gasteiger partial charge is 0.247 e. The molecule has 0 saturated carbocycles. The van der Waals surface area contributed by atoms with Crippen LogP contribution in [0.4, 0.5) is 11.4 Å². The van der Waals surface area contributed by atoms with Gasteiger partial charge in [0.25, 0.3) is 0 Å². The summed E-state index contributed by atoms with van der Waals surface area (Å²) in [4.78, 5) is 42.0. The number of carbonyl (C=O) groups is 3. The van der Waals surface area contributed by atoms with Gasteiger partial charge in [-0.3, -0.25) is 19.7 Å². The predicted molar refractivity (Wildman–Crippen MR) is 107 cm³/mol. The Kier molecular flexibility index (Phi) is 5.87. The van der Waals surface area contributed by atoms with Crippen molar-refractivity contribution in [1.29, 1.82) is 5.26 Å². The van der Waals surface area contributed by atoms with Gasteiger partial charge in [0.15, 0.2) is 17.1 Å². The van der Waals surface area contributed by atoms with Gasteiger partial charge in [0.1, 0.15) is 5.25 Å². The highest BCUT2D eigenvalue weighted by Crippen LogP contribution is 2.31. The highest BCUT2D eigenvalue weighted by molar-refractivity contribution is 8.15. The van der Waals surface area contributed by atoms with E-state index >= 15 is 0 Å². The van der Waals surface area contributed by atoms with E-state index in [9.17, 15) is 14.4 Å². The Hall–Kier alpha value is -3.44. The van der Waals surface area contributed by atoms with Crippen LogP contribution in [0.3, 0.4) is 0 Å². The van der Waals surface area contributed by atoms with E-state index < -0.39 is 5.25 Å². The highest BCUT2D eigenvalue weighted by atomic mass is 32.2. The largest absolute Gasteiger partial charge is 0.295 e. The molecular weight excluding hydrogens is 376 g/mol. The molecule has 0 unspecified atom stereocenters. The minimum atomic E-state index is -0.691. The first-order valence-corrected chi connectivity index (χ1v) is 9.31. The Labute approximate surface area is 166 Å². The summed E-state index contributed by atoms with van der Waals surface area (Å²) in [7, 11) is 0. The molecule has 8 heteroatoms. The monoisotopic (exact) mass is 392 g/mol. The first-order valence-electron chi connectivity index (χ1n) is 8.43. The number of imide groups is 1. The normalized spacial score (nSPS) is 16.8. The third kappa shape index (κ3) is 4.27. The van der Waals surface area contributed by atoms with Crippen LogP contribution >= 0.6 is 11.8 Å². The van der Waals surface area contributed by atoms with Crippen molar-refractivity contribution in [2.24, 2.45) is 4.99 Å². The van der Waals surface area contributed by atoms with Crippen molar-refractivity contribution in [3.8, 4) is 6.19 Å². The lowest BCUT2D eigenvalue weighted by atomic mass is 10.1. The van der Waals surface area contributed by atoms with Crippen LogP contribution in [0.1, 0.15) is 23.7 Å². The number of rotatable bonds is 4. The van der Waals surface area contributed by atoms with Crippen molar-refractivity contribution >= 4 is 45.9 Å². The lowest BCUT2D eigenvalue weighted by Crippen LogP contribution is -2.32. The summed E-state index contributed by atoms with van der Waals surface area (Å²) in [6.07, 6.45) is 1.80. The number of nitrogens with one attached hydrogen (secondary N) is 1. The number of anilines is 1. The van der Waals surface area contributed by atoms with Gasteiger partial charge in [-0.15, -0.1) is 0 Å². The minimum Gasteiger partial charge on any atom is -0.295 e. The van der Waals surface area contributed by atoms with Crippen LogP contribution in [0.5, 0.6) is 0 Å². The number of amidine groups is 1. The van der Waals surface area contributed by atoms with Crippen molar-refractivity contribution < 1.29 is 14.4 Å². The molecule has 2 amide bonds. The predicted octanol–water partition coefficient (Wildman–Crippen LogP) is 3.01. The molecule has 2 aromatic rings. The van der Waals surface area contributed by atoms with Gasteiger partial charge in [-0.1, -0.05) is 30.0 Å². The first kappa shape index (κ1) is 19.3. The maximum atomic E-state index is 12.8. The quantitative estimate of drug-likeness (QED) is 0.214. The van der Waals surface area contributed by atoms with Crippen molar-refractivity contribution in [1.82, 2.24) is 5.32 Å². The second-order valence-corrected chi connectivity index (χ2v) is 7.16. The topological polar surface area (TPSA) is 103 Å². The van der Waals surface area contributed by atoms with Crippen molar-refractivity contribution in [3.05, 3.63) is 60.2 Å². The molecule has 1 saturated heterocycles. The number of hydrogen-bond donors (Lipinski definition) is 1. The Bertz CT molecular complexity index is 981. The van der Waals surface area contributed by atoms with Gasteiger partial charge >= 0.3 is 0 Å². The second-order valence-electron chi connectivity index (χ2n) is 5.97. The van der Waals surface area contributed by atoms with Crippen LogP contribution in [-0.2, 0) is 9.59 Å². The summed E-state index contributed by atoms with van der Waals surface area (Å²) in [5, 5.41) is 11.0. The Morgan fingerprint density at radius 3 is 2.46 bits per heavy atom. The van der Waals surface area contributed by atoms with Crippen LogP contribution in [0, 0.1) is 11.5 Å². The fourth-order valence-corrected chi connectivity index (χ4v) is 3.66. The van der Waals surface area contributed by atoms with E-state index in [2.05, 4.69) is 10.3 Å². The Morgan fingerprint density at radius 1 is 1.18 bits per heavy atom. The molecular formula is C20H16N4O3S. The summed E-state index contributed by atoms with van der Waals surface area (Å²) in [6, 6.07) is 15.3. The lowest BCUT2D eigenvalue weighted by Gasteiger charge is -2.15. The average Bonchev–Trinajstić information content (AvgIpc) is 2.96. The van der Waals surface area contributed by atoms with E-state index in [1.165, 1.54) is 6.92 Å². The highest BCUT2D eigenvalue weighted by Gasteiger charge is 2.40. The van der Waals surface area contributed by atoms with Crippen LogP contribution in [0.25, 0.3) is 0 Å². The van der Waals surface area contributed by atoms with E-state index in [-0.39, 0.29) is 29.2 Å². The van der Waals surface area contributed by atoms with Gasteiger partial charge < -0.3 is 0 Å². The van der Waals surface area contributed by atoms with Crippen LogP contribution in [0.15, 0.2) is 59.6 Å². The van der Waals surface area contributed by atoms with E-state index in [0.717, 1.165) is 16.7 Å². The standard InChI is InChI=1S/C20H16N4O3S/c1-13(25)14-7-9-16(10-8-14)24-18(26)11-17(19(24)27)28-20(22-12-21)23-15-5-3-2-4-6-15/h2-10,17H,11H2,1H3,(H,22,23)/t17-/m1/s1. The number of thioether (sulfide) groups is 1. The number of nitrogens with zero attached hydrogens (tertiary/aromatic N) is 3. The van der Waals surface area contributed by atoms with E-state index in [1.54, 1.807) is 42.6 Å². The molecule has 0 bridgehead atoms. The molecule has 140 valence electrons. The fourth-order valence-electron chi connectivity index (χ4n) is 2.70. The van der Waals surface area contributed by atoms with Crippen LogP contribution in [-0.4, -0.2) is 28.0 Å². The zero-order valence-electron chi connectivity index (χ0n) is 15.0. The van der Waals surface area contributed by atoms with Gasteiger partial charge in [0.05, 0.1) is 11.4 Å². The molecule has 0 aromatic heterocycles. The minimum absolute atomic E-state index is 0.00111. The number of carbonyl (C=O) groups excluding carboxylic acids is 3. The van der Waals surface area contributed by atoms with Gasteiger partial charge in [-0.25, -0.2) is 9.89 Å². The number of ketones is 1. The van der Waals surface area contributed by atoms with Gasteiger partial charge in [-0.2, -0.15) is 5.26 Å². The first-order chi connectivity index (χ1) is 13.5. The summed E-state index contributed by atoms with van der Waals surface area (Å²) < 4.78 is 0. The lowest BCUT2D eigenvalue weighted by molar-refractivity contribution is -0.121. The molecule has 1 atom stereocenters.